The lowest BCUT2D eigenvalue weighted by Gasteiger charge is -2.16. The quantitative estimate of drug-likeness (QED) is 0.739. The monoisotopic (exact) mass is 245 g/mol. The highest BCUT2D eigenvalue weighted by Crippen LogP contribution is 2.29. The van der Waals surface area contributed by atoms with Gasteiger partial charge in [0.05, 0.1) is 4.34 Å². The van der Waals surface area contributed by atoms with Crippen LogP contribution < -0.4 is 5.32 Å². The van der Waals surface area contributed by atoms with Crippen molar-refractivity contribution in [3.63, 3.8) is 0 Å². The molecule has 0 aliphatic rings. The van der Waals surface area contributed by atoms with E-state index in [1.165, 1.54) is 30.6 Å². The van der Waals surface area contributed by atoms with Crippen molar-refractivity contribution in [1.29, 1.82) is 0 Å². The Morgan fingerprint density at radius 1 is 1.33 bits per heavy atom. The van der Waals surface area contributed by atoms with Gasteiger partial charge in [-0.2, -0.15) is 0 Å². The van der Waals surface area contributed by atoms with Gasteiger partial charge in [0.2, 0.25) is 0 Å². The molecule has 1 N–H and O–H groups in total. The number of hydrogen-bond donors (Lipinski definition) is 1. The number of rotatable bonds is 7. The highest BCUT2D eigenvalue weighted by atomic mass is 35.5. The van der Waals surface area contributed by atoms with Crippen LogP contribution in [0.1, 0.15) is 50.4 Å². The molecule has 0 radical (unpaired) electrons. The number of hydrogen-bond acceptors (Lipinski definition) is 2. The first-order valence-corrected chi connectivity index (χ1v) is 6.96. The van der Waals surface area contributed by atoms with Crippen LogP contribution in [0.15, 0.2) is 12.1 Å². The van der Waals surface area contributed by atoms with E-state index in [0.29, 0.717) is 6.04 Å². The first-order valence-electron chi connectivity index (χ1n) is 5.76. The van der Waals surface area contributed by atoms with Crippen LogP contribution in [0.3, 0.4) is 0 Å². The molecular formula is C12H20ClNS. The molecule has 1 atom stereocenters. The van der Waals surface area contributed by atoms with Gasteiger partial charge in [-0.15, -0.1) is 11.3 Å². The molecule has 0 aliphatic heterocycles. The Morgan fingerprint density at radius 2 is 2.13 bits per heavy atom. The van der Waals surface area contributed by atoms with Crippen LogP contribution in [0, 0.1) is 0 Å². The lowest BCUT2D eigenvalue weighted by Crippen LogP contribution is -2.21. The fourth-order valence-electron chi connectivity index (χ4n) is 1.59. The van der Waals surface area contributed by atoms with E-state index in [9.17, 15) is 0 Å². The van der Waals surface area contributed by atoms with Crippen molar-refractivity contribution in [2.24, 2.45) is 0 Å². The molecule has 1 nitrogen and oxygen atoms in total. The predicted octanol–water partition coefficient (Wildman–Crippen LogP) is 4.63. The van der Waals surface area contributed by atoms with E-state index in [-0.39, 0.29) is 0 Å². The first kappa shape index (κ1) is 13.0. The molecule has 15 heavy (non-hydrogen) atoms. The van der Waals surface area contributed by atoms with Crippen molar-refractivity contribution in [3.05, 3.63) is 21.3 Å². The Bertz CT molecular complexity index is 264. The Hall–Kier alpha value is -0.0500. The SMILES string of the molecule is CCCCC(NCCC)c1ccc(Cl)s1. The molecule has 1 aromatic rings. The molecule has 0 bridgehead atoms. The fraction of sp³-hybridized carbons (Fsp3) is 0.667. The summed E-state index contributed by atoms with van der Waals surface area (Å²) in [5, 5.41) is 3.59. The standard InChI is InChI=1S/C12H20ClNS/c1-3-5-6-10(14-9-4-2)11-7-8-12(13)15-11/h7-8,10,14H,3-6,9H2,1-2H3. The molecule has 1 unspecified atom stereocenters. The van der Waals surface area contributed by atoms with E-state index in [4.69, 9.17) is 11.6 Å². The smallest absolute Gasteiger partial charge is 0.0931 e. The molecule has 1 rings (SSSR count). The van der Waals surface area contributed by atoms with Gasteiger partial charge in [-0.05, 0) is 31.5 Å². The maximum atomic E-state index is 5.96. The molecule has 0 aromatic carbocycles. The van der Waals surface area contributed by atoms with Gasteiger partial charge in [0.1, 0.15) is 0 Å². The van der Waals surface area contributed by atoms with E-state index in [0.717, 1.165) is 10.9 Å². The largest absolute Gasteiger partial charge is 0.309 e. The average molecular weight is 246 g/mol. The zero-order valence-electron chi connectivity index (χ0n) is 9.55. The Labute approximate surface area is 102 Å². The molecule has 0 aliphatic carbocycles. The highest BCUT2D eigenvalue weighted by Gasteiger charge is 2.11. The minimum Gasteiger partial charge on any atom is -0.309 e. The van der Waals surface area contributed by atoms with E-state index in [1.54, 1.807) is 11.3 Å². The summed E-state index contributed by atoms with van der Waals surface area (Å²) in [6, 6.07) is 4.65. The number of halogens is 1. The van der Waals surface area contributed by atoms with Crippen molar-refractivity contribution >= 4 is 22.9 Å². The van der Waals surface area contributed by atoms with Gasteiger partial charge in [0.25, 0.3) is 0 Å². The van der Waals surface area contributed by atoms with Gasteiger partial charge in [0.15, 0.2) is 0 Å². The second-order valence-corrected chi connectivity index (χ2v) is 5.54. The Balaban J connectivity index is 2.54. The molecule has 86 valence electrons. The van der Waals surface area contributed by atoms with Gasteiger partial charge < -0.3 is 5.32 Å². The highest BCUT2D eigenvalue weighted by molar-refractivity contribution is 7.16. The van der Waals surface area contributed by atoms with Crippen LogP contribution >= 0.6 is 22.9 Å². The van der Waals surface area contributed by atoms with Crippen LogP contribution in [0.2, 0.25) is 4.34 Å². The summed E-state index contributed by atoms with van der Waals surface area (Å²) in [7, 11) is 0. The van der Waals surface area contributed by atoms with Gasteiger partial charge in [-0.25, -0.2) is 0 Å². The third kappa shape index (κ3) is 4.54. The molecule has 0 spiro atoms. The molecular weight excluding hydrogens is 226 g/mol. The topological polar surface area (TPSA) is 12.0 Å². The average Bonchev–Trinajstić information content (AvgIpc) is 2.65. The number of unbranched alkanes of at least 4 members (excludes halogenated alkanes) is 1. The molecule has 0 fully saturated rings. The zero-order valence-corrected chi connectivity index (χ0v) is 11.1. The Kier molecular flexibility index (Phi) is 6.30. The zero-order chi connectivity index (χ0) is 11.1. The maximum Gasteiger partial charge on any atom is 0.0931 e. The summed E-state index contributed by atoms with van der Waals surface area (Å²) in [6.45, 7) is 5.52. The van der Waals surface area contributed by atoms with Gasteiger partial charge in [-0.3, -0.25) is 0 Å². The normalized spacial score (nSPS) is 13.0. The van der Waals surface area contributed by atoms with E-state index in [2.05, 4.69) is 25.2 Å². The van der Waals surface area contributed by atoms with Crippen molar-refractivity contribution in [2.45, 2.75) is 45.6 Å². The molecule has 1 aromatic heterocycles. The lowest BCUT2D eigenvalue weighted by molar-refractivity contribution is 0.487. The molecule has 3 heteroatoms. The lowest BCUT2D eigenvalue weighted by atomic mass is 10.1. The molecule has 0 saturated heterocycles. The second-order valence-electron chi connectivity index (χ2n) is 3.79. The van der Waals surface area contributed by atoms with Crippen LogP contribution in [-0.4, -0.2) is 6.54 Å². The summed E-state index contributed by atoms with van der Waals surface area (Å²) >= 11 is 7.66. The van der Waals surface area contributed by atoms with Crippen molar-refractivity contribution in [3.8, 4) is 0 Å². The molecule has 1 heterocycles. The summed E-state index contributed by atoms with van der Waals surface area (Å²) in [5.74, 6) is 0. The van der Waals surface area contributed by atoms with Crippen LogP contribution in [0.5, 0.6) is 0 Å². The summed E-state index contributed by atoms with van der Waals surface area (Å²) in [5.41, 5.74) is 0. The van der Waals surface area contributed by atoms with E-state index < -0.39 is 0 Å². The summed E-state index contributed by atoms with van der Waals surface area (Å²) < 4.78 is 0.893. The van der Waals surface area contributed by atoms with Crippen molar-refractivity contribution < 1.29 is 0 Å². The van der Waals surface area contributed by atoms with Crippen molar-refractivity contribution in [2.75, 3.05) is 6.54 Å². The van der Waals surface area contributed by atoms with Crippen LogP contribution in [0.4, 0.5) is 0 Å². The predicted molar refractivity (Wildman–Crippen MR) is 69.9 cm³/mol. The van der Waals surface area contributed by atoms with Crippen LogP contribution in [0.25, 0.3) is 0 Å². The van der Waals surface area contributed by atoms with E-state index in [1.807, 2.05) is 6.07 Å². The van der Waals surface area contributed by atoms with Gasteiger partial charge in [-0.1, -0.05) is 38.3 Å². The number of nitrogens with one attached hydrogen (secondary N) is 1. The van der Waals surface area contributed by atoms with E-state index >= 15 is 0 Å². The van der Waals surface area contributed by atoms with Crippen molar-refractivity contribution in [1.82, 2.24) is 5.32 Å². The fourth-order valence-corrected chi connectivity index (χ4v) is 2.76. The summed E-state index contributed by atoms with van der Waals surface area (Å²) in [6.07, 6.45) is 4.93. The maximum absolute atomic E-state index is 5.96. The van der Waals surface area contributed by atoms with Gasteiger partial charge >= 0.3 is 0 Å². The third-order valence-electron chi connectivity index (χ3n) is 2.42. The Morgan fingerprint density at radius 3 is 2.67 bits per heavy atom. The molecule has 0 amide bonds. The first-order chi connectivity index (χ1) is 7.27. The minimum absolute atomic E-state index is 0.502. The van der Waals surface area contributed by atoms with Gasteiger partial charge in [0, 0.05) is 10.9 Å². The third-order valence-corrected chi connectivity index (χ3v) is 3.77. The summed E-state index contributed by atoms with van der Waals surface area (Å²) in [4.78, 5) is 1.38. The van der Waals surface area contributed by atoms with Crippen LogP contribution in [-0.2, 0) is 0 Å². The molecule has 0 saturated carbocycles. The minimum atomic E-state index is 0.502. The second kappa shape index (κ2) is 7.26. The number of thiophene rings is 1.